The van der Waals surface area contributed by atoms with Gasteiger partial charge in [-0.15, -0.1) is 12.6 Å². The summed E-state index contributed by atoms with van der Waals surface area (Å²) in [7, 11) is 0. The first-order chi connectivity index (χ1) is 12.9. The fourth-order valence-electron chi connectivity index (χ4n) is 3.36. The third kappa shape index (κ3) is 5.23. The lowest BCUT2D eigenvalue weighted by atomic mass is 10.1. The molecular weight excluding hydrogens is 363 g/mol. The Hall–Kier alpha value is -2.05. The van der Waals surface area contributed by atoms with Crippen LogP contribution in [0.15, 0.2) is 53.4 Å². The van der Waals surface area contributed by atoms with Crippen molar-refractivity contribution >= 4 is 18.5 Å². The zero-order chi connectivity index (χ0) is 19.4. The molecule has 1 saturated heterocycles. The molecule has 1 heterocycles. The molecule has 2 atom stereocenters. The Kier molecular flexibility index (Phi) is 6.39. The van der Waals surface area contributed by atoms with Crippen LogP contribution in [0.3, 0.4) is 0 Å². The minimum Gasteiger partial charge on any atom is -0.484 e. The molecule has 1 aliphatic heterocycles. The second-order valence-corrected chi connectivity index (χ2v) is 7.60. The van der Waals surface area contributed by atoms with E-state index in [1.165, 1.54) is 12.1 Å². The number of piperazine rings is 1. The fraction of sp³-hybridized carbons (Fsp3) is 0.381. The van der Waals surface area contributed by atoms with Gasteiger partial charge in [0.2, 0.25) is 0 Å². The predicted octanol–water partition coefficient (Wildman–Crippen LogP) is 3.61. The van der Waals surface area contributed by atoms with E-state index in [0.29, 0.717) is 12.3 Å². The SMILES string of the molecule is CC1CN(C(=O)COc2ccc(S)cc2)C(C)CN1Cc1ccc(F)cc1. The molecule has 144 valence electrons. The van der Waals surface area contributed by atoms with E-state index in [9.17, 15) is 9.18 Å². The lowest BCUT2D eigenvalue weighted by Gasteiger charge is -2.44. The van der Waals surface area contributed by atoms with Crippen molar-refractivity contribution in [3.8, 4) is 5.75 Å². The summed E-state index contributed by atoms with van der Waals surface area (Å²) in [5, 5.41) is 0. The summed E-state index contributed by atoms with van der Waals surface area (Å²) >= 11 is 4.24. The number of hydrogen-bond acceptors (Lipinski definition) is 4. The second-order valence-electron chi connectivity index (χ2n) is 7.08. The molecule has 2 aromatic carbocycles. The Morgan fingerprint density at radius 3 is 2.41 bits per heavy atom. The van der Waals surface area contributed by atoms with Gasteiger partial charge in [0.15, 0.2) is 6.61 Å². The van der Waals surface area contributed by atoms with Crippen molar-refractivity contribution in [2.75, 3.05) is 19.7 Å². The molecule has 0 radical (unpaired) electrons. The summed E-state index contributed by atoms with van der Waals surface area (Å²) in [4.78, 5) is 17.7. The Bertz CT molecular complexity index is 767. The van der Waals surface area contributed by atoms with Crippen molar-refractivity contribution in [1.29, 1.82) is 0 Å². The van der Waals surface area contributed by atoms with E-state index in [0.717, 1.165) is 23.5 Å². The Balaban J connectivity index is 1.54. The molecule has 1 aliphatic rings. The van der Waals surface area contributed by atoms with Gasteiger partial charge < -0.3 is 9.64 Å². The molecule has 2 aromatic rings. The molecule has 2 unspecified atom stereocenters. The van der Waals surface area contributed by atoms with E-state index in [1.54, 1.807) is 0 Å². The molecule has 0 N–H and O–H groups in total. The average Bonchev–Trinajstić information content (AvgIpc) is 2.65. The van der Waals surface area contributed by atoms with Gasteiger partial charge in [-0.05, 0) is 55.8 Å². The molecule has 0 aromatic heterocycles. The van der Waals surface area contributed by atoms with Gasteiger partial charge in [-0.25, -0.2) is 4.39 Å². The molecule has 4 nitrogen and oxygen atoms in total. The van der Waals surface area contributed by atoms with Gasteiger partial charge in [-0.1, -0.05) is 12.1 Å². The van der Waals surface area contributed by atoms with E-state index in [4.69, 9.17) is 4.74 Å². The van der Waals surface area contributed by atoms with Gasteiger partial charge in [-0.3, -0.25) is 9.69 Å². The highest BCUT2D eigenvalue weighted by Gasteiger charge is 2.32. The van der Waals surface area contributed by atoms with Crippen molar-refractivity contribution < 1.29 is 13.9 Å². The summed E-state index contributed by atoms with van der Waals surface area (Å²) in [6.45, 7) is 6.37. The maximum atomic E-state index is 13.1. The second kappa shape index (κ2) is 8.76. The van der Waals surface area contributed by atoms with Crippen molar-refractivity contribution in [2.45, 2.75) is 37.4 Å². The lowest BCUT2D eigenvalue weighted by Crippen LogP contribution is -2.58. The van der Waals surface area contributed by atoms with Crippen LogP contribution in [-0.2, 0) is 11.3 Å². The summed E-state index contributed by atoms with van der Waals surface area (Å²) in [5.74, 6) is 0.433. The van der Waals surface area contributed by atoms with Gasteiger partial charge in [0.1, 0.15) is 11.6 Å². The molecule has 3 rings (SSSR count). The molecule has 0 aliphatic carbocycles. The number of ether oxygens (including phenoxy) is 1. The first-order valence-electron chi connectivity index (χ1n) is 9.12. The number of halogens is 1. The first kappa shape index (κ1) is 19.7. The van der Waals surface area contributed by atoms with E-state index in [-0.39, 0.29) is 30.4 Å². The fourth-order valence-corrected chi connectivity index (χ4v) is 3.51. The van der Waals surface area contributed by atoms with Crippen LogP contribution in [0.4, 0.5) is 4.39 Å². The third-order valence-electron chi connectivity index (χ3n) is 4.93. The van der Waals surface area contributed by atoms with Crippen molar-refractivity contribution in [1.82, 2.24) is 9.80 Å². The normalized spacial score (nSPS) is 20.5. The number of thiol groups is 1. The molecular formula is C21H25FN2O2S. The molecule has 1 fully saturated rings. The van der Waals surface area contributed by atoms with Crippen LogP contribution in [0.1, 0.15) is 19.4 Å². The highest BCUT2D eigenvalue weighted by atomic mass is 32.1. The average molecular weight is 389 g/mol. The third-order valence-corrected chi connectivity index (χ3v) is 5.23. The first-order valence-corrected chi connectivity index (χ1v) is 9.57. The predicted molar refractivity (Wildman–Crippen MR) is 107 cm³/mol. The maximum Gasteiger partial charge on any atom is 0.260 e. The Labute approximate surface area is 165 Å². The summed E-state index contributed by atoms with van der Waals surface area (Å²) < 4.78 is 18.7. The van der Waals surface area contributed by atoms with Crippen LogP contribution >= 0.6 is 12.6 Å². The minimum atomic E-state index is -0.223. The van der Waals surface area contributed by atoms with Crippen molar-refractivity contribution in [3.63, 3.8) is 0 Å². The van der Waals surface area contributed by atoms with Crippen LogP contribution in [-0.4, -0.2) is 47.5 Å². The quantitative estimate of drug-likeness (QED) is 0.795. The van der Waals surface area contributed by atoms with Crippen LogP contribution in [0.5, 0.6) is 5.75 Å². The summed E-state index contributed by atoms with van der Waals surface area (Å²) in [6, 6.07) is 14.2. The van der Waals surface area contributed by atoms with Crippen molar-refractivity contribution in [3.05, 3.63) is 59.9 Å². The van der Waals surface area contributed by atoms with E-state index in [2.05, 4.69) is 31.4 Å². The van der Waals surface area contributed by atoms with Gasteiger partial charge in [-0.2, -0.15) is 0 Å². The van der Waals surface area contributed by atoms with E-state index >= 15 is 0 Å². The molecule has 27 heavy (non-hydrogen) atoms. The minimum absolute atomic E-state index is 0.00858. The number of benzene rings is 2. The summed E-state index contributed by atoms with van der Waals surface area (Å²) in [5.41, 5.74) is 1.08. The number of rotatable bonds is 5. The van der Waals surface area contributed by atoms with Crippen LogP contribution in [0.25, 0.3) is 0 Å². The summed E-state index contributed by atoms with van der Waals surface area (Å²) in [6.07, 6.45) is 0. The monoisotopic (exact) mass is 388 g/mol. The maximum absolute atomic E-state index is 13.1. The number of hydrogen-bond donors (Lipinski definition) is 1. The molecule has 0 saturated carbocycles. The number of carbonyl (C=O) groups is 1. The van der Waals surface area contributed by atoms with Gasteiger partial charge >= 0.3 is 0 Å². The smallest absolute Gasteiger partial charge is 0.260 e. The number of carbonyl (C=O) groups excluding carboxylic acids is 1. The Morgan fingerprint density at radius 2 is 1.74 bits per heavy atom. The molecule has 0 bridgehead atoms. The topological polar surface area (TPSA) is 32.8 Å². The zero-order valence-corrected chi connectivity index (χ0v) is 16.5. The number of amides is 1. The van der Waals surface area contributed by atoms with E-state index in [1.807, 2.05) is 41.3 Å². The number of nitrogens with zero attached hydrogens (tertiary/aromatic N) is 2. The van der Waals surface area contributed by atoms with Gasteiger partial charge in [0, 0.05) is 36.6 Å². The van der Waals surface area contributed by atoms with Crippen LogP contribution in [0, 0.1) is 5.82 Å². The lowest BCUT2D eigenvalue weighted by molar-refractivity contribution is -0.139. The largest absolute Gasteiger partial charge is 0.484 e. The standard InChI is InChI=1S/C21H25FN2O2S/c1-15-12-24(21(25)14-26-19-7-9-20(27)10-8-19)16(2)11-23(15)13-17-3-5-18(22)6-4-17/h3-10,15-16,27H,11-14H2,1-2H3. The highest BCUT2D eigenvalue weighted by molar-refractivity contribution is 7.80. The van der Waals surface area contributed by atoms with Crippen LogP contribution in [0.2, 0.25) is 0 Å². The molecule has 1 amide bonds. The van der Waals surface area contributed by atoms with Crippen LogP contribution < -0.4 is 4.74 Å². The molecule has 6 heteroatoms. The van der Waals surface area contributed by atoms with E-state index < -0.39 is 0 Å². The Morgan fingerprint density at radius 1 is 1.07 bits per heavy atom. The van der Waals surface area contributed by atoms with Gasteiger partial charge in [0.25, 0.3) is 5.91 Å². The zero-order valence-electron chi connectivity index (χ0n) is 15.6. The molecule has 0 spiro atoms. The van der Waals surface area contributed by atoms with Crippen molar-refractivity contribution in [2.24, 2.45) is 0 Å². The van der Waals surface area contributed by atoms with Gasteiger partial charge in [0.05, 0.1) is 0 Å². The highest BCUT2D eigenvalue weighted by Crippen LogP contribution is 2.19.